The zero-order valence-electron chi connectivity index (χ0n) is 6.13. The Labute approximate surface area is 72.4 Å². The monoisotopic (exact) mass is 174 g/mol. The number of halogens is 1. The van der Waals surface area contributed by atoms with Gasteiger partial charge in [-0.05, 0) is 25.3 Å². The van der Waals surface area contributed by atoms with Crippen molar-refractivity contribution in [3.05, 3.63) is 29.8 Å². The molecule has 0 amide bonds. The second-order valence-electron chi connectivity index (χ2n) is 2.02. The van der Waals surface area contributed by atoms with Crippen molar-refractivity contribution >= 4 is 24.2 Å². The smallest absolute Gasteiger partial charge is 0.00693 e. The fourth-order valence-corrected chi connectivity index (χ4v) is 1.08. The van der Waals surface area contributed by atoms with Crippen molar-refractivity contribution < 1.29 is 0 Å². The van der Waals surface area contributed by atoms with Gasteiger partial charge in [-0.3, -0.25) is 0 Å². The lowest BCUT2D eigenvalue weighted by atomic mass is 10.2. The number of hydrogen-bond donors (Lipinski definition) is 0. The minimum atomic E-state index is 0. The Kier molecular flexibility index (Phi) is 4.58. The largest absolute Gasteiger partial charge is 0.147 e. The van der Waals surface area contributed by atoms with E-state index in [1.807, 2.05) is 0 Å². The molecule has 1 aromatic rings. The van der Waals surface area contributed by atoms with Crippen LogP contribution in [0.1, 0.15) is 5.56 Å². The molecule has 0 aliphatic heterocycles. The number of thioether (sulfide) groups is 1. The molecule has 0 aliphatic rings. The highest BCUT2D eigenvalue weighted by molar-refractivity contribution is 7.98. The van der Waals surface area contributed by atoms with Gasteiger partial charge in [-0.2, -0.15) is 0 Å². The number of aryl methyl sites for hydroxylation is 1. The van der Waals surface area contributed by atoms with Crippen molar-refractivity contribution in [2.45, 2.75) is 11.8 Å². The maximum Gasteiger partial charge on any atom is 0.00693 e. The molecule has 10 heavy (non-hydrogen) atoms. The maximum atomic E-state index is 2.14. The van der Waals surface area contributed by atoms with E-state index >= 15 is 0 Å². The van der Waals surface area contributed by atoms with Crippen molar-refractivity contribution in [1.29, 1.82) is 0 Å². The zero-order chi connectivity index (χ0) is 6.69. The van der Waals surface area contributed by atoms with Crippen LogP contribution in [0, 0.1) is 6.92 Å². The molecule has 0 N–H and O–H groups in total. The third-order valence-electron chi connectivity index (χ3n) is 1.26. The van der Waals surface area contributed by atoms with Crippen LogP contribution in [0.4, 0.5) is 0 Å². The van der Waals surface area contributed by atoms with E-state index in [-0.39, 0.29) is 12.4 Å². The Morgan fingerprint density at radius 1 is 1.10 bits per heavy atom. The number of rotatable bonds is 1. The topological polar surface area (TPSA) is 0 Å². The number of benzene rings is 1. The van der Waals surface area contributed by atoms with Crippen LogP contribution in [-0.2, 0) is 0 Å². The molecule has 0 unspecified atom stereocenters. The van der Waals surface area contributed by atoms with Gasteiger partial charge in [0.05, 0.1) is 0 Å². The Balaban J connectivity index is 0.000000810. The average Bonchev–Trinajstić information content (AvgIpc) is 1.90. The summed E-state index contributed by atoms with van der Waals surface area (Å²) in [6.07, 6.45) is 2.09. The Bertz CT molecular complexity index is 181. The SMILES string of the molecule is CSc1ccc(C)cc1.Cl. The molecule has 56 valence electrons. The summed E-state index contributed by atoms with van der Waals surface area (Å²) in [6, 6.07) is 8.54. The highest BCUT2D eigenvalue weighted by Crippen LogP contribution is 2.13. The van der Waals surface area contributed by atoms with Crippen LogP contribution in [0.5, 0.6) is 0 Å². The summed E-state index contributed by atoms with van der Waals surface area (Å²) >= 11 is 1.78. The molecule has 0 aliphatic carbocycles. The predicted octanol–water partition coefficient (Wildman–Crippen LogP) is 3.14. The Hall–Kier alpha value is -0.140. The van der Waals surface area contributed by atoms with Crippen molar-refractivity contribution in [2.24, 2.45) is 0 Å². The predicted molar refractivity (Wildman–Crippen MR) is 50.2 cm³/mol. The van der Waals surface area contributed by atoms with Crippen LogP contribution in [0.15, 0.2) is 29.2 Å². The van der Waals surface area contributed by atoms with E-state index in [1.54, 1.807) is 11.8 Å². The molecule has 0 fully saturated rings. The van der Waals surface area contributed by atoms with E-state index in [1.165, 1.54) is 10.5 Å². The van der Waals surface area contributed by atoms with E-state index in [2.05, 4.69) is 37.4 Å². The van der Waals surface area contributed by atoms with E-state index in [0.29, 0.717) is 0 Å². The van der Waals surface area contributed by atoms with E-state index in [4.69, 9.17) is 0 Å². The molecule has 2 heteroatoms. The fourth-order valence-electron chi connectivity index (χ4n) is 0.674. The average molecular weight is 175 g/mol. The summed E-state index contributed by atoms with van der Waals surface area (Å²) < 4.78 is 0. The minimum absolute atomic E-state index is 0. The van der Waals surface area contributed by atoms with Gasteiger partial charge in [0, 0.05) is 4.90 Å². The third kappa shape index (κ3) is 2.63. The van der Waals surface area contributed by atoms with Gasteiger partial charge in [-0.25, -0.2) is 0 Å². The molecular weight excluding hydrogens is 164 g/mol. The summed E-state index contributed by atoms with van der Waals surface area (Å²) in [5, 5.41) is 0. The van der Waals surface area contributed by atoms with Crippen LogP contribution in [0.2, 0.25) is 0 Å². The molecule has 0 atom stereocenters. The molecule has 0 saturated heterocycles. The first kappa shape index (κ1) is 9.86. The zero-order valence-corrected chi connectivity index (χ0v) is 7.76. The van der Waals surface area contributed by atoms with E-state index in [9.17, 15) is 0 Å². The van der Waals surface area contributed by atoms with Gasteiger partial charge in [0.1, 0.15) is 0 Å². The summed E-state index contributed by atoms with van der Waals surface area (Å²) in [6.45, 7) is 2.10. The Morgan fingerprint density at radius 3 is 2.00 bits per heavy atom. The molecule has 0 heterocycles. The molecular formula is C8H11ClS. The molecule has 0 radical (unpaired) electrons. The minimum Gasteiger partial charge on any atom is -0.147 e. The first-order valence-electron chi connectivity index (χ1n) is 2.93. The van der Waals surface area contributed by atoms with Crippen LogP contribution < -0.4 is 0 Å². The lowest BCUT2D eigenvalue weighted by molar-refractivity contribution is 1.38. The molecule has 1 aromatic carbocycles. The van der Waals surface area contributed by atoms with E-state index < -0.39 is 0 Å². The third-order valence-corrected chi connectivity index (χ3v) is 2.00. The second-order valence-corrected chi connectivity index (χ2v) is 2.90. The van der Waals surface area contributed by atoms with Gasteiger partial charge in [0.2, 0.25) is 0 Å². The molecule has 0 spiro atoms. The molecule has 0 aromatic heterocycles. The van der Waals surface area contributed by atoms with E-state index in [0.717, 1.165) is 0 Å². The van der Waals surface area contributed by atoms with Gasteiger partial charge in [0.15, 0.2) is 0 Å². The van der Waals surface area contributed by atoms with Crippen LogP contribution >= 0.6 is 24.2 Å². The van der Waals surface area contributed by atoms with Gasteiger partial charge in [-0.15, -0.1) is 24.2 Å². The summed E-state index contributed by atoms with van der Waals surface area (Å²) in [7, 11) is 0. The lowest BCUT2D eigenvalue weighted by Crippen LogP contribution is -1.70. The molecule has 1 rings (SSSR count). The van der Waals surface area contributed by atoms with Gasteiger partial charge < -0.3 is 0 Å². The van der Waals surface area contributed by atoms with Crippen LogP contribution in [0.25, 0.3) is 0 Å². The standard InChI is InChI=1S/C8H10S.ClH/c1-7-3-5-8(9-2)6-4-7;/h3-6H,1-2H3;1H. The van der Waals surface area contributed by atoms with Crippen molar-refractivity contribution in [2.75, 3.05) is 6.26 Å². The lowest BCUT2D eigenvalue weighted by Gasteiger charge is -1.93. The van der Waals surface area contributed by atoms with Crippen LogP contribution in [0.3, 0.4) is 0 Å². The first-order chi connectivity index (χ1) is 4.33. The number of hydrogen-bond acceptors (Lipinski definition) is 1. The normalized spacial score (nSPS) is 8.60. The highest BCUT2D eigenvalue weighted by Gasteiger charge is 1.85. The second kappa shape index (κ2) is 4.64. The van der Waals surface area contributed by atoms with Crippen LogP contribution in [-0.4, -0.2) is 6.26 Å². The summed E-state index contributed by atoms with van der Waals surface area (Å²) in [5.41, 5.74) is 1.33. The first-order valence-corrected chi connectivity index (χ1v) is 4.16. The van der Waals surface area contributed by atoms with Crippen molar-refractivity contribution in [3.8, 4) is 0 Å². The fraction of sp³-hybridized carbons (Fsp3) is 0.250. The summed E-state index contributed by atoms with van der Waals surface area (Å²) in [4.78, 5) is 1.33. The molecule has 0 nitrogen and oxygen atoms in total. The quantitative estimate of drug-likeness (QED) is 0.590. The molecule has 0 bridgehead atoms. The van der Waals surface area contributed by atoms with Crippen molar-refractivity contribution in [1.82, 2.24) is 0 Å². The highest BCUT2D eigenvalue weighted by atomic mass is 35.5. The van der Waals surface area contributed by atoms with Gasteiger partial charge in [0.25, 0.3) is 0 Å². The van der Waals surface area contributed by atoms with Gasteiger partial charge >= 0.3 is 0 Å². The maximum absolute atomic E-state index is 2.14. The molecule has 0 saturated carbocycles. The van der Waals surface area contributed by atoms with Crippen molar-refractivity contribution in [3.63, 3.8) is 0 Å². The summed E-state index contributed by atoms with van der Waals surface area (Å²) in [5.74, 6) is 0. The Morgan fingerprint density at radius 2 is 1.60 bits per heavy atom. The van der Waals surface area contributed by atoms with Gasteiger partial charge in [-0.1, -0.05) is 17.7 Å².